The van der Waals surface area contributed by atoms with Crippen molar-refractivity contribution in [2.75, 3.05) is 12.0 Å². The number of thioether (sulfide) groups is 1. The Morgan fingerprint density at radius 2 is 1.70 bits per heavy atom. The largest absolute Gasteiger partial charge is 0.326 e. The molecule has 0 saturated carbocycles. The molecule has 4 aromatic rings. The van der Waals surface area contributed by atoms with Gasteiger partial charge in [-0.3, -0.25) is 0 Å². The Balaban J connectivity index is 1.78. The summed E-state index contributed by atoms with van der Waals surface area (Å²) in [6.07, 6.45) is 2.13. The summed E-state index contributed by atoms with van der Waals surface area (Å²) in [5, 5.41) is 8.52. The number of fused-ring (bicyclic) bond motifs is 2. The Morgan fingerprint density at radius 1 is 0.957 bits per heavy atom. The number of imidazole rings is 1. The molecule has 5 nitrogen and oxygen atoms in total. The molecular formula is C17H17N5S. The minimum atomic E-state index is 0.629. The van der Waals surface area contributed by atoms with Crippen LogP contribution in [0, 0.1) is 0 Å². The van der Waals surface area contributed by atoms with Crippen molar-refractivity contribution in [3.63, 3.8) is 0 Å². The summed E-state index contributed by atoms with van der Waals surface area (Å²) in [4.78, 5) is 4.81. The van der Waals surface area contributed by atoms with Crippen LogP contribution in [0.2, 0.25) is 0 Å². The number of benzene rings is 2. The molecule has 2 aromatic carbocycles. The fraction of sp³-hybridized carbons (Fsp3) is 0.235. The third-order valence-electron chi connectivity index (χ3n) is 3.96. The molecule has 0 fully saturated rings. The molecule has 116 valence electrons. The van der Waals surface area contributed by atoms with Crippen LogP contribution >= 0.6 is 11.8 Å². The quantitative estimate of drug-likeness (QED) is 0.566. The molecule has 0 aliphatic rings. The van der Waals surface area contributed by atoms with E-state index in [4.69, 9.17) is 4.98 Å². The molecule has 0 aliphatic heterocycles. The van der Waals surface area contributed by atoms with Gasteiger partial charge in [0, 0.05) is 12.3 Å². The van der Waals surface area contributed by atoms with E-state index in [0.29, 0.717) is 6.54 Å². The van der Waals surface area contributed by atoms with Crippen LogP contribution in [0.3, 0.4) is 0 Å². The third-order valence-corrected chi connectivity index (χ3v) is 4.55. The van der Waals surface area contributed by atoms with Crippen molar-refractivity contribution in [1.29, 1.82) is 0 Å². The van der Waals surface area contributed by atoms with Crippen LogP contribution in [0.15, 0.2) is 48.5 Å². The number of hydrogen-bond acceptors (Lipinski definition) is 4. The molecular weight excluding hydrogens is 306 g/mol. The van der Waals surface area contributed by atoms with Crippen LogP contribution in [0.4, 0.5) is 0 Å². The summed E-state index contributed by atoms with van der Waals surface area (Å²) in [5.41, 5.74) is 4.17. The minimum absolute atomic E-state index is 0.629. The van der Waals surface area contributed by atoms with Crippen molar-refractivity contribution in [3.8, 4) is 0 Å². The first-order valence-electron chi connectivity index (χ1n) is 7.58. The second-order valence-corrected chi connectivity index (χ2v) is 6.38. The number of para-hydroxylation sites is 3. The molecule has 0 aliphatic carbocycles. The summed E-state index contributed by atoms with van der Waals surface area (Å²) in [5.74, 6) is 2.08. The summed E-state index contributed by atoms with van der Waals surface area (Å²) < 4.78 is 4.22. The first kappa shape index (κ1) is 14.3. The molecule has 0 N–H and O–H groups in total. The molecule has 2 aromatic heterocycles. The molecule has 0 unspecified atom stereocenters. The highest BCUT2D eigenvalue weighted by Crippen LogP contribution is 2.19. The van der Waals surface area contributed by atoms with Gasteiger partial charge in [0.1, 0.15) is 17.9 Å². The van der Waals surface area contributed by atoms with Crippen molar-refractivity contribution >= 4 is 33.8 Å². The molecule has 0 atom stereocenters. The van der Waals surface area contributed by atoms with Gasteiger partial charge in [-0.25, -0.2) is 9.67 Å². The van der Waals surface area contributed by atoms with E-state index in [1.54, 1.807) is 0 Å². The van der Waals surface area contributed by atoms with Crippen molar-refractivity contribution in [1.82, 2.24) is 24.5 Å². The smallest absolute Gasteiger partial charge is 0.131 e. The Morgan fingerprint density at radius 3 is 2.52 bits per heavy atom. The van der Waals surface area contributed by atoms with Gasteiger partial charge in [0.2, 0.25) is 0 Å². The number of hydrogen-bond donors (Lipinski definition) is 0. The summed E-state index contributed by atoms with van der Waals surface area (Å²) >= 11 is 1.84. The van der Waals surface area contributed by atoms with Gasteiger partial charge in [-0.1, -0.05) is 29.5 Å². The van der Waals surface area contributed by atoms with E-state index in [0.717, 1.165) is 34.7 Å². The molecule has 6 heteroatoms. The van der Waals surface area contributed by atoms with Gasteiger partial charge in [-0.05, 0) is 30.5 Å². The normalized spacial score (nSPS) is 11.5. The van der Waals surface area contributed by atoms with Gasteiger partial charge in [0.15, 0.2) is 0 Å². The number of rotatable bonds is 5. The summed E-state index contributed by atoms with van der Waals surface area (Å²) in [6.45, 7) is 1.58. The van der Waals surface area contributed by atoms with E-state index in [2.05, 4.69) is 39.3 Å². The third kappa shape index (κ3) is 2.59. The van der Waals surface area contributed by atoms with Crippen LogP contribution < -0.4 is 0 Å². The monoisotopic (exact) mass is 323 g/mol. The van der Waals surface area contributed by atoms with Gasteiger partial charge < -0.3 is 4.57 Å². The highest BCUT2D eigenvalue weighted by Gasteiger charge is 2.12. The van der Waals surface area contributed by atoms with Crippen LogP contribution in [-0.2, 0) is 13.1 Å². The minimum Gasteiger partial charge on any atom is -0.326 e. The fourth-order valence-electron chi connectivity index (χ4n) is 2.85. The van der Waals surface area contributed by atoms with Crippen LogP contribution in [0.5, 0.6) is 0 Å². The predicted octanol–water partition coefficient (Wildman–Crippen LogP) is 3.19. The molecule has 0 spiro atoms. The van der Waals surface area contributed by atoms with Crippen LogP contribution in [0.25, 0.3) is 22.1 Å². The van der Waals surface area contributed by atoms with Crippen molar-refractivity contribution < 1.29 is 0 Å². The standard InChI is InChI=1S/C17H17N5S/c1-23-11-10-21-15-8-4-2-6-13(15)18-17(21)12-22-16-9-5-3-7-14(16)19-20-22/h2-9H,10-12H2,1H3. The van der Waals surface area contributed by atoms with Crippen molar-refractivity contribution in [2.24, 2.45) is 0 Å². The Kier molecular flexibility index (Phi) is 3.75. The van der Waals surface area contributed by atoms with E-state index < -0.39 is 0 Å². The van der Waals surface area contributed by atoms with Gasteiger partial charge in [-0.15, -0.1) is 5.10 Å². The topological polar surface area (TPSA) is 48.5 Å². The molecule has 0 amide bonds. The van der Waals surface area contributed by atoms with Crippen molar-refractivity contribution in [2.45, 2.75) is 13.1 Å². The zero-order valence-electron chi connectivity index (χ0n) is 12.9. The molecule has 2 heterocycles. The second kappa shape index (κ2) is 6.04. The molecule has 0 bridgehead atoms. The lowest BCUT2D eigenvalue weighted by molar-refractivity contribution is 0.610. The second-order valence-electron chi connectivity index (χ2n) is 5.40. The van der Waals surface area contributed by atoms with E-state index >= 15 is 0 Å². The Hall–Kier alpha value is -2.34. The Bertz CT molecular complexity index is 956. The van der Waals surface area contributed by atoms with Gasteiger partial charge in [0.25, 0.3) is 0 Å². The predicted molar refractivity (Wildman–Crippen MR) is 94.7 cm³/mol. The maximum atomic E-state index is 4.81. The lowest BCUT2D eigenvalue weighted by Crippen LogP contribution is -2.11. The maximum absolute atomic E-state index is 4.81. The zero-order valence-corrected chi connectivity index (χ0v) is 13.7. The zero-order chi connectivity index (χ0) is 15.6. The summed E-state index contributed by atoms with van der Waals surface area (Å²) in [6, 6.07) is 16.3. The maximum Gasteiger partial charge on any atom is 0.131 e. The van der Waals surface area contributed by atoms with Gasteiger partial charge >= 0.3 is 0 Å². The fourth-order valence-corrected chi connectivity index (χ4v) is 3.21. The molecule has 4 rings (SSSR count). The van der Waals surface area contributed by atoms with Gasteiger partial charge in [0.05, 0.1) is 16.6 Å². The average Bonchev–Trinajstić information content (AvgIpc) is 3.15. The Labute approximate surface area is 138 Å². The van der Waals surface area contributed by atoms with E-state index in [1.807, 2.05) is 46.8 Å². The first-order valence-corrected chi connectivity index (χ1v) is 8.97. The van der Waals surface area contributed by atoms with Crippen molar-refractivity contribution in [3.05, 3.63) is 54.4 Å². The SMILES string of the molecule is CSCCn1c(Cn2nnc3ccccc32)nc2ccccc21. The first-order chi connectivity index (χ1) is 11.4. The summed E-state index contributed by atoms with van der Waals surface area (Å²) in [7, 11) is 0. The number of nitrogens with zero attached hydrogens (tertiary/aromatic N) is 5. The average molecular weight is 323 g/mol. The molecule has 0 saturated heterocycles. The lowest BCUT2D eigenvalue weighted by atomic mass is 10.3. The van der Waals surface area contributed by atoms with E-state index in [1.165, 1.54) is 5.52 Å². The highest BCUT2D eigenvalue weighted by molar-refractivity contribution is 7.98. The van der Waals surface area contributed by atoms with Crippen LogP contribution in [0.1, 0.15) is 5.82 Å². The molecule has 23 heavy (non-hydrogen) atoms. The highest BCUT2D eigenvalue weighted by atomic mass is 32.2. The van der Waals surface area contributed by atoms with Gasteiger partial charge in [-0.2, -0.15) is 11.8 Å². The molecule has 0 radical (unpaired) electrons. The van der Waals surface area contributed by atoms with Crippen LogP contribution in [-0.4, -0.2) is 36.6 Å². The number of aryl methyl sites for hydroxylation is 1. The lowest BCUT2D eigenvalue weighted by Gasteiger charge is -2.08. The number of aromatic nitrogens is 5. The van der Waals surface area contributed by atoms with E-state index in [-0.39, 0.29) is 0 Å². The van der Waals surface area contributed by atoms with E-state index in [9.17, 15) is 0 Å².